The van der Waals surface area contributed by atoms with Gasteiger partial charge < -0.3 is 9.47 Å². The summed E-state index contributed by atoms with van der Waals surface area (Å²) in [7, 11) is 1.31. The summed E-state index contributed by atoms with van der Waals surface area (Å²) in [4.78, 5) is 6.79. The highest BCUT2D eigenvalue weighted by atomic mass is 35.5. The highest BCUT2D eigenvalue weighted by molar-refractivity contribution is 6.33. The van der Waals surface area contributed by atoms with E-state index >= 15 is 0 Å². The van der Waals surface area contributed by atoms with E-state index < -0.39 is 57.6 Å². The molecule has 0 atom stereocenters. The number of nitrogens with zero attached hydrogens (tertiary/aromatic N) is 3. The van der Waals surface area contributed by atoms with E-state index in [1.54, 1.807) is 0 Å². The summed E-state index contributed by atoms with van der Waals surface area (Å²) in [6.45, 7) is 1.05. The molecular formula is C18H15ClF9N3O2. The van der Waals surface area contributed by atoms with Crippen molar-refractivity contribution < 1.29 is 49.0 Å². The van der Waals surface area contributed by atoms with Crippen LogP contribution >= 0.6 is 11.6 Å². The first-order valence-corrected chi connectivity index (χ1v) is 9.30. The molecular weight excluding hydrogens is 497 g/mol. The second-order valence-corrected chi connectivity index (χ2v) is 6.71. The lowest BCUT2D eigenvalue weighted by molar-refractivity contribution is -0.143. The standard InChI is InChI=1S/C18H15ClF9N3O2/c1-3-31-13(33-5-4-32-2)8-12(18(26,27)28)30-15(31)29-11-7-9(16(20,21)22)6-10(14(11)19)17(23,24)25/h6-8H,3-5H2,1-2H3. The number of hydrogen-bond acceptors (Lipinski definition) is 4. The molecule has 33 heavy (non-hydrogen) atoms. The Hall–Kier alpha value is -2.48. The molecule has 1 heterocycles. The molecule has 184 valence electrons. The maximum absolute atomic E-state index is 13.3. The summed E-state index contributed by atoms with van der Waals surface area (Å²) in [6, 6.07) is 0.492. The van der Waals surface area contributed by atoms with Gasteiger partial charge in [-0.05, 0) is 19.1 Å². The molecule has 15 heteroatoms. The highest BCUT2D eigenvalue weighted by Gasteiger charge is 2.39. The van der Waals surface area contributed by atoms with Crippen molar-refractivity contribution in [3.8, 4) is 5.88 Å². The molecule has 0 saturated heterocycles. The smallest absolute Gasteiger partial charge is 0.433 e. The summed E-state index contributed by atoms with van der Waals surface area (Å²) in [5, 5.41) is -1.24. The van der Waals surface area contributed by atoms with Crippen LogP contribution in [0.5, 0.6) is 5.88 Å². The predicted molar refractivity (Wildman–Crippen MR) is 97.0 cm³/mol. The molecule has 0 aliphatic carbocycles. The topological polar surface area (TPSA) is 48.6 Å². The summed E-state index contributed by atoms with van der Waals surface area (Å²) < 4.78 is 130. The molecule has 0 aliphatic heterocycles. The van der Waals surface area contributed by atoms with E-state index in [2.05, 4.69) is 9.98 Å². The fourth-order valence-electron chi connectivity index (χ4n) is 2.54. The Bertz CT molecular complexity index is 1060. The second-order valence-electron chi connectivity index (χ2n) is 6.33. The lowest BCUT2D eigenvalue weighted by Crippen LogP contribution is -2.29. The SMILES string of the molecule is CCn1c(OCCOC)cc(C(F)(F)F)nc1=Nc1cc(C(F)(F)F)cc(C(F)(F)F)c1Cl. The quantitative estimate of drug-likeness (QED) is 0.360. The van der Waals surface area contributed by atoms with Crippen molar-refractivity contribution >= 4 is 17.3 Å². The number of alkyl halides is 9. The van der Waals surface area contributed by atoms with Crippen LogP contribution in [0.2, 0.25) is 5.02 Å². The molecule has 0 unspecified atom stereocenters. The first-order valence-electron chi connectivity index (χ1n) is 8.93. The number of methoxy groups -OCH3 is 1. The van der Waals surface area contributed by atoms with E-state index in [0.29, 0.717) is 6.07 Å². The molecule has 1 aromatic carbocycles. The minimum absolute atomic E-state index is 0.0196. The molecule has 0 fully saturated rings. The lowest BCUT2D eigenvalue weighted by atomic mass is 10.1. The van der Waals surface area contributed by atoms with Gasteiger partial charge in [-0.15, -0.1) is 0 Å². The zero-order valence-corrected chi connectivity index (χ0v) is 17.5. The highest BCUT2D eigenvalue weighted by Crippen LogP contribution is 2.43. The van der Waals surface area contributed by atoms with Crippen molar-refractivity contribution in [3.05, 3.63) is 45.7 Å². The monoisotopic (exact) mass is 511 g/mol. The molecule has 0 N–H and O–H groups in total. The maximum atomic E-state index is 13.3. The third-order valence-corrected chi connectivity index (χ3v) is 4.44. The fourth-order valence-corrected chi connectivity index (χ4v) is 2.80. The van der Waals surface area contributed by atoms with Crippen LogP contribution in [0.4, 0.5) is 45.2 Å². The van der Waals surface area contributed by atoms with E-state index in [9.17, 15) is 39.5 Å². The van der Waals surface area contributed by atoms with E-state index in [0.717, 1.165) is 4.57 Å². The molecule has 0 amide bonds. The summed E-state index contributed by atoms with van der Waals surface area (Å²) in [5.74, 6) is -0.435. The van der Waals surface area contributed by atoms with Crippen molar-refractivity contribution in [3.63, 3.8) is 0 Å². The predicted octanol–water partition coefficient (Wildman–Crippen LogP) is 5.87. The van der Waals surface area contributed by atoms with Gasteiger partial charge in [-0.1, -0.05) is 11.6 Å². The van der Waals surface area contributed by atoms with Crippen LogP contribution in [-0.4, -0.2) is 29.9 Å². The minimum atomic E-state index is -5.29. The summed E-state index contributed by atoms with van der Waals surface area (Å²) >= 11 is 5.64. The van der Waals surface area contributed by atoms with E-state index in [1.807, 2.05) is 0 Å². The molecule has 5 nitrogen and oxygen atoms in total. The first kappa shape index (κ1) is 26.8. The Morgan fingerprint density at radius 3 is 2.06 bits per heavy atom. The summed E-state index contributed by atoms with van der Waals surface area (Å²) in [6.07, 6.45) is -15.5. The average Bonchev–Trinajstić information content (AvgIpc) is 2.67. The molecule has 2 aromatic rings. The van der Waals surface area contributed by atoms with Gasteiger partial charge in [-0.3, -0.25) is 4.57 Å². The van der Waals surface area contributed by atoms with Crippen molar-refractivity contribution in [1.82, 2.24) is 9.55 Å². The van der Waals surface area contributed by atoms with Crippen LogP contribution in [0.25, 0.3) is 0 Å². The zero-order valence-electron chi connectivity index (χ0n) is 16.8. The largest absolute Gasteiger partial charge is 0.476 e. The van der Waals surface area contributed by atoms with Crippen molar-refractivity contribution in [2.45, 2.75) is 32.0 Å². The second kappa shape index (κ2) is 9.79. The number of benzene rings is 1. The van der Waals surface area contributed by atoms with Gasteiger partial charge in [-0.25, -0.2) is 9.98 Å². The normalized spacial score (nSPS) is 13.5. The molecule has 1 aromatic heterocycles. The van der Waals surface area contributed by atoms with Crippen LogP contribution in [-0.2, 0) is 29.8 Å². The van der Waals surface area contributed by atoms with Crippen LogP contribution in [0.1, 0.15) is 23.7 Å². The Balaban J connectivity index is 2.88. The molecule has 0 radical (unpaired) electrons. The van der Waals surface area contributed by atoms with Gasteiger partial charge in [0.2, 0.25) is 5.62 Å². The van der Waals surface area contributed by atoms with Gasteiger partial charge in [-0.2, -0.15) is 39.5 Å². The van der Waals surface area contributed by atoms with Gasteiger partial charge in [0.25, 0.3) is 0 Å². The van der Waals surface area contributed by atoms with Crippen molar-refractivity contribution in [2.75, 3.05) is 20.3 Å². The molecule has 2 rings (SSSR count). The number of ether oxygens (including phenoxy) is 2. The van der Waals surface area contributed by atoms with Crippen LogP contribution < -0.4 is 10.4 Å². The van der Waals surface area contributed by atoms with E-state index in [4.69, 9.17) is 21.1 Å². The van der Waals surface area contributed by atoms with Crippen molar-refractivity contribution in [2.24, 2.45) is 4.99 Å². The third kappa shape index (κ3) is 6.53. The van der Waals surface area contributed by atoms with E-state index in [-0.39, 0.29) is 31.9 Å². The zero-order chi connectivity index (χ0) is 25.2. The Morgan fingerprint density at radius 2 is 1.58 bits per heavy atom. The average molecular weight is 512 g/mol. The lowest BCUT2D eigenvalue weighted by Gasteiger charge is -2.17. The minimum Gasteiger partial charge on any atom is -0.476 e. The molecule has 0 aliphatic rings. The van der Waals surface area contributed by atoms with Gasteiger partial charge >= 0.3 is 18.5 Å². The summed E-state index contributed by atoms with van der Waals surface area (Å²) in [5.41, 5.74) is -7.07. The van der Waals surface area contributed by atoms with Crippen molar-refractivity contribution in [1.29, 1.82) is 0 Å². The van der Waals surface area contributed by atoms with Crippen LogP contribution in [0.15, 0.2) is 23.2 Å². The van der Waals surface area contributed by atoms with Gasteiger partial charge in [0.1, 0.15) is 6.61 Å². The third-order valence-electron chi connectivity index (χ3n) is 4.04. The van der Waals surface area contributed by atoms with Gasteiger partial charge in [0.05, 0.1) is 28.4 Å². The molecule has 0 spiro atoms. The van der Waals surface area contributed by atoms with Gasteiger partial charge in [0, 0.05) is 19.7 Å². The van der Waals surface area contributed by atoms with E-state index in [1.165, 1.54) is 14.0 Å². The number of hydrogen-bond donors (Lipinski definition) is 0. The van der Waals surface area contributed by atoms with Crippen LogP contribution in [0, 0.1) is 0 Å². The Labute approximate surface area is 185 Å². The molecule has 0 saturated carbocycles. The van der Waals surface area contributed by atoms with Gasteiger partial charge in [0.15, 0.2) is 11.6 Å². The molecule has 0 bridgehead atoms. The number of aromatic nitrogens is 2. The number of halogens is 10. The Kier molecular flexibility index (Phi) is 7.94. The Morgan fingerprint density at radius 1 is 0.939 bits per heavy atom. The fraction of sp³-hybridized carbons (Fsp3) is 0.444. The van der Waals surface area contributed by atoms with Crippen LogP contribution in [0.3, 0.4) is 0 Å². The maximum Gasteiger partial charge on any atom is 0.433 e. The number of rotatable bonds is 6. The first-order chi connectivity index (χ1) is 15.1.